The summed E-state index contributed by atoms with van der Waals surface area (Å²) in [6.45, 7) is 0.322. The molecular weight excluding hydrogens is 178 g/mol. The van der Waals surface area contributed by atoms with Crippen LogP contribution in [0.3, 0.4) is 0 Å². The number of carbonyl (C=O) groups excluding carboxylic acids is 1. The van der Waals surface area contributed by atoms with Crippen LogP contribution in [-0.2, 0) is 4.74 Å². The van der Waals surface area contributed by atoms with Crippen LogP contribution in [0.5, 0.6) is 0 Å². The fourth-order valence-electron chi connectivity index (χ4n) is 1.64. The van der Waals surface area contributed by atoms with Crippen LogP contribution in [0.4, 0.5) is 4.79 Å². The molecule has 3 nitrogen and oxygen atoms in total. The predicted octanol–water partition coefficient (Wildman–Crippen LogP) is 1.89. The molecule has 0 saturated carbocycles. The Labute approximate surface area is 82.2 Å². The summed E-state index contributed by atoms with van der Waals surface area (Å²) in [5, 5.41) is 0. The lowest BCUT2D eigenvalue weighted by Crippen LogP contribution is -2.16. The van der Waals surface area contributed by atoms with Crippen molar-refractivity contribution >= 4 is 12.2 Å². The van der Waals surface area contributed by atoms with E-state index in [1.807, 2.05) is 36.4 Å². The Morgan fingerprint density at radius 1 is 1.43 bits per heavy atom. The van der Waals surface area contributed by atoms with E-state index >= 15 is 0 Å². The smallest absolute Gasteiger partial charge is 0.404 e. The molecule has 0 heterocycles. The second kappa shape index (κ2) is 3.54. The third-order valence-electron chi connectivity index (χ3n) is 2.31. The van der Waals surface area contributed by atoms with E-state index in [4.69, 9.17) is 10.5 Å². The summed E-state index contributed by atoms with van der Waals surface area (Å²) in [7, 11) is 0. The average molecular weight is 189 g/mol. The summed E-state index contributed by atoms with van der Waals surface area (Å²) < 4.78 is 4.77. The highest BCUT2D eigenvalue weighted by atomic mass is 16.5. The van der Waals surface area contributed by atoms with Gasteiger partial charge in [0.25, 0.3) is 0 Å². The van der Waals surface area contributed by atoms with Gasteiger partial charge in [0.15, 0.2) is 0 Å². The number of hydrogen-bond donors (Lipinski definition) is 1. The monoisotopic (exact) mass is 189 g/mol. The van der Waals surface area contributed by atoms with E-state index < -0.39 is 6.09 Å². The van der Waals surface area contributed by atoms with Crippen molar-refractivity contribution in [2.45, 2.75) is 5.92 Å². The first kappa shape index (κ1) is 8.81. The summed E-state index contributed by atoms with van der Waals surface area (Å²) in [5.74, 6) is 0.152. The van der Waals surface area contributed by atoms with Crippen molar-refractivity contribution < 1.29 is 9.53 Å². The number of rotatable bonds is 2. The number of amides is 1. The van der Waals surface area contributed by atoms with Gasteiger partial charge in [-0.1, -0.05) is 36.4 Å². The van der Waals surface area contributed by atoms with Crippen molar-refractivity contribution in [3.8, 4) is 0 Å². The number of carbonyl (C=O) groups is 1. The largest absolute Gasteiger partial charge is 0.449 e. The first-order valence-electron chi connectivity index (χ1n) is 4.47. The summed E-state index contributed by atoms with van der Waals surface area (Å²) in [4.78, 5) is 10.4. The number of fused-ring (bicyclic) bond motifs is 1. The van der Waals surface area contributed by atoms with Gasteiger partial charge in [0.2, 0.25) is 0 Å². The molecule has 0 radical (unpaired) electrons. The molecule has 1 amide bonds. The third kappa shape index (κ3) is 1.62. The molecule has 0 aromatic heterocycles. The Bertz CT molecular complexity index is 385. The SMILES string of the molecule is NC(=O)OCC1C=Cc2ccccc21. The molecule has 14 heavy (non-hydrogen) atoms. The van der Waals surface area contributed by atoms with Crippen LogP contribution in [-0.4, -0.2) is 12.7 Å². The zero-order valence-corrected chi connectivity index (χ0v) is 7.64. The molecule has 1 aliphatic rings. The number of hydrogen-bond acceptors (Lipinski definition) is 2. The van der Waals surface area contributed by atoms with Gasteiger partial charge in [-0.05, 0) is 11.1 Å². The molecule has 72 valence electrons. The van der Waals surface area contributed by atoms with E-state index in [9.17, 15) is 4.79 Å². The third-order valence-corrected chi connectivity index (χ3v) is 2.31. The second-order valence-corrected chi connectivity index (χ2v) is 3.22. The molecule has 1 unspecified atom stereocenters. The minimum atomic E-state index is -0.720. The van der Waals surface area contributed by atoms with Crippen molar-refractivity contribution in [2.24, 2.45) is 5.73 Å². The summed E-state index contributed by atoms with van der Waals surface area (Å²) in [5.41, 5.74) is 7.28. The lowest BCUT2D eigenvalue weighted by atomic mass is 10.0. The van der Waals surface area contributed by atoms with Gasteiger partial charge in [0.1, 0.15) is 6.61 Å². The van der Waals surface area contributed by atoms with E-state index in [1.165, 1.54) is 11.1 Å². The second-order valence-electron chi connectivity index (χ2n) is 3.22. The van der Waals surface area contributed by atoms with E-state index in [-0.39, 0.29) is 5.92 Å². The highest BCUT2D eigenvalue weighted by Crippen LogP contribution is 2.29. The van der Waals surface area contributed by atoms with Gasteiger partial charge in [-0.3, -0.25) is 0 Å². The van der Waals surface area contributed by atoms with Crippen LogP contribution < -0.4 is 5.73 Å². The first-order chi connectivity index (χ1) is 6.77. The maximum Gasteiger partial charge on any atom is 0.404 e. The molecule has 0 bridgehead atoms. The molecule has 0 fully saturated rings. The number of ether oxygens (including phenoxy) is 1. The van der Waals surface area contributed by atoms with Crippen molar-refractivity contribution in [2.75, 3.05) is 6.61 Å². The fraction of sp³-hybridized carbons (Fsp3) is 0.182. The molecule has 0 saturated heterocycles. The quantitative estimate of drug-likeness (QED) is 0.772. The van der Waals surface area contributed by atoms with Gasteiger partial charge in [-0.15, -0.1) is 0 Å². The van der Waals surface area contributed by atoms with E-state index in [2.05, 4.69) is 0 Å². The zero-order chi connectivity index (χ0) is 9.97. The van der Waals surface area contributed by atoms with Crippen molar-refractivity contribution in [1.82, 2.24) is 0 Å². The molecule has 1 atom stereocenters. The van der Waals surface area contributed by atoms with Crippen LogP contribution in [0.15, 0.2) is 30.3 Å². The standard InChI is InChI=1S/C11H11NO2/c12-11(13)14-7-9-6-5-8-3-1-2-4-10(8)9/h1-6,9H,7H2,(H2,12,13). The van der Waals surface area contributed by atoms with Gasteiger partial charge in [-0.2, -0.15) is 0 Å². The van der Waals surface area contributed by atoms with E-state index in [1.54, 1.807) is 0 Å². The summed E-state index contributed by atoms with van der Waals surface area (Å²) in [6.07, 6.45) is 3.33. The van der Waals surface area contributed by atoms with Crippen LogP contribution in [0.2, 0.25) is 0 Å². The normalized spacial score (nSPS) is 17.9. The Kier molecular flexibility index (Phi) is 2.23. The van der Waals surface area contributed by atoms with Gasteiger partial charge in [-0.25, -0.2) is 4.79 Å². The van der Waals surface area contributed by atoms with Crippen molar-refractivity contribution in [1.29, 1.82) is 0 Å². The lowest BCUT2D eigenvalue weighted by Gasteiger charge is -2.09. The zero-order valence-electron chi connectivity index (χ0n) is 7.64. The molecule has 3 heteroatoms. The van der Waals surface area contributed by atoms with Crippen molar-refractivity contribution in [3.05, 3.63) is 41.5 Å². The molecular formula is C11H11NO2. The van der Waals surface area contributed by atoms with Gasteiger partial charge < -0.3 is 10.5 Å². The molecule has 2 rings (SSSR count). The molecule has 1 aromatic rings. The lowest BCUT2D eigenvalue weighted by molar-refractivity contribution is 0.154. The minimum absolute atomic E-state index is 0.152. The minimum Gasteiger partial charge on any atom is -0.449 e. The van der Waals surface area contributed by atoms with Crippen molar-refractivity contribution in [3.63, 3.8) is 0 Å². The van der Waals surface area contributed by atoms with Gasteiger partial charge in [0, 0.05) is 5.92 Å². The number of primary amides is 1. The van der Waals surface area contributed by atoms with E-state index in [0.29, 0.717) is 6.61 Å². The fourth-order valence-corrected chi connectivity index (χ4v) is 1.64. The Morgan fingerprint density at radius 2 is 2.21 bits per heavy atom. The highest BCUT2D eigenvalue weighted by molar-refractivity contribution is 5.66. The molecule has 0 spiro atoms. The van der Waals surface area contributed by atoms with E-state index in [0.717, 1.165) is 0 Å². The summed E-state index contributed by atoms with van der Waals surface area (Å²) in [6, 6.07) is 8.03. The maximum absolute atomic E-state index is 10.4. The van der Waals surface area contributed by atoms with Crippen LogP contribution in [0.25, 0.3) is 6.08 Å². The highest BCUT2D eigenvalue weighted by Gasteiger charge is 2.17. The molecule has 2 N–H and O–H groups in total. The van der Waals surface area contributed by atoms with Crippen LogP contribution in [0, 0.1) is 0 Å². The number of benzene rings is 1. The van der Waals surface area contributed by atoms with Gasteiger partial charge >= 0.3 is 6.09 Å². The Balaban J connectivity index is 2.11. The maximum atomic E-state index is 10.4. The number of nitrogens with two attached hydrogens (primary N) is 1. The van der Waals surface area contributed by atoms with Gasteiger partial charge in [0.05, 0.1) is 0 Å². The first-order valence-corrected chi connectivity index (χ1v) is 4.47. The Morgan fingerprint density at radius 3 is 3.00 bits per heavy atom. The van der Waals surface area contributed by atoms with Crippen LogP contribution in [0.1, 0.15) is 17.0 Å². The molecule has 0 aliphatic heterocycles. The molecule has 1 aromatic carbocycles. The molecule has 1 aliphatic carbocycles. The average Bonchev–Trinajstić information content (AvgIpc) is 2.58. The topological polar surface area (TPSA) is 52.3 Å². The van der Waals surface area contributed by atoms with Crippen LogP contribution >= 0.6 is 0 Å². The predicted molar refractivity (Wildman–Crippen MR) is 53.8 cm³/mol. The Hall–Kier alpha value is -1.77. The summed E-state index contributed by atoms with van der Waals surface area (Å²) >= 11 is 0.